The summed E-state index contributed by atoms with van der Waals surface area (Å²) in [5, 5.41) is 27.5. The van der Waals surface area contributed by atoms with E-state index in [1.165, 1.54) is 12.1 Å². The molecule has 29 heavy (non-hydrogen) atoms. The smallest absolute Gasteiger partial charge is 0.312 e. The molecule has 0 aliphatic heterocycles. The van der Waals surface area contributed by atoms with Crippen LogP contribution in [0, 0.1) is 10.1 Å². The summed E-state index contributed by atoms with van der Waals surface area (Å²) in [5.74, 6) is -1.07. The molecule has 8 nitrogen and oxygen atoms in total. The number of nitrogens with zero attached hydrogens (tertiary/aromatic N) is 2. The summed E-state index contributed by atoms with van der Waals surface area (Å²) in [6.45, 7) is 0. The summed E-state index contributed by atoms with van der Waals surface area (Å²) < 4.78 is 5.99. The van der Waals surface area contributed by atoms with E-state index in [0.717, 1.165) is 22.4 Å². The van der Waals surface area contributed by atoms with Crippen molar-refractivity contribution in [3.05, 3.63) is 80.5 Å². The van der Waals surface area contributed by atoms with Crippen molar-refractivity contribution in [3.8, 4) is 5.75 Å². The second kappa shape index (κ2) is 7.36. The van der Waals surface area contributed by atoms with Gasteiger partial charge in [-0.1, -0.05) is 46.3 Å². The molecule has 0 saturated carbocycles. The third-order valence-electron chi connectivity index (χ3n) is 4.30. The number of rotatable bonds is 4. The van der Waals surface area contributed by atoms with Crippen LogP contribution in [0.3, 0.4) is 0 Å². The minimum absolute atomic E-state index is 0.0675. The Morgan fingerprint density at radius 2 is 1.97 bits per heavy atom. The molecule has 0 radical (unpaired) electrons. The van der Waals surface area contributed by atoms with E-state index in [-0.39, 0.29) is 11.3 Å². The van der Waals surface area contributed by atoms with Gasteiger partial charge in [-0.2, -0.15) is 5.10 Å². The van der Waals surface area contributed by atoms with Crippen LogP contribution in [0.25, 0.3) is 21.7 Å². The molecule has 2 N–H and O–H groups in total. The summed E-state index contributed by atoms with van der Waals surface area (Å²) in [4.78, 5) is 22.6. The van der Waals surface area contributed by atoms with Crippen LogP contribution in [0.4, 0.5) is 5.69 Å². The molecule has 4 aromatic rings. The SMILES string of the molecule is O=C(NN=Cc1cc(Br)cc([N+](=O)[O-])c1O)c1cc2c(ccc3ccccc32)o1. The van der Waals surface area contributed by atoms with Crippen LogP contribution >= 0.6 is 15.9 Å². The van der Waals surface area contributed by atoms with E-state index in [0.29, 0.717) is 10.1 Å². The third kappa shape index (κ3) is 3.55. The van der Waals surface area contributed by atoms with E-state index in [4.69, 9.17) is 4.42 Å². The molecule has 144 valence electrons. The number of nitro benzene ring substituents is 1. The number of nitro groups is 1. The zero-order valence-electron chi connectivity index (χ0n) is 14.6. The Labute approximate surface area is 171 Å². The van der Waals surface area contributed by atoms with E-state index in [1.54, 1.807) is 12.1 Å². The highest BCUT2D eigenvalue weighted by Gasteiger charge is 2.18. The number of nitrogens with one attached hydrogen (secondary N) is 1. The molecule has 0 saturated heterocycles. The lowest BCUT2D eigenvalue weighted by atomic mass is 10.1. The van der Waals surface area contributed by atoms with Gasteiger partial charge in [0.15, 0.2) is 5.76 Å². The Morgan fingerprint density at radius 1 is 1.17 bits per heavy atom. The number of hydrogen-bond donors (Lipinski definition) is 2. The maximum atomic E-state index is 12.4. The number of benzene rings is 3. The lowest BCUT2D eigenvalue weighted by Crippen LogP contribution is -2.16. The number of phenolic OH excluding ortho intramolecular Hbond substituents is 1. The molecule has 0 unspecified atom stereocenters. The van der Waals surface area contributed by atoms with Gasteiger partial charge < -0.3 is 9.52 Å². The predicted octanol–water partition coefficient (Wildman–Crippen LogP) is 4.73. The fourth-order valence-electron chi connectivity index (χ4n) is 2.96. The molecule has 9 heteroatoms. The van der Waals surface area contributed by atoms with Gasteiger partial charge in [0.1, 0.15) is 5.58 Å². The van der Waals surface area contributed by atoms with Crippen LogP contribution in [-0.2, 0) is 0 Å². The number of furan rings is 1. The van der Waals surface area contributed by atoms with Crippen molar-refractivity contribution >= 4 is 55.5 Å². The zero-order valence-corrected chi connectivity index (χ0v) is 16.2. The van der Waals surface area contributed by atoms with Gasteiger partial charge in [0.2, 0.25) is 5.75 Å². The van der Waals surface area contributed by atoms with Crippen LogP contribution in [0.1, 0.15) is 16.1 Å². The first-order chi connectivity index (χ1) is 13.9. The van der Waals surface area contributed by atoms with Gasteiger partial charge in [0.25, 0.3) is 0 Å². The maximum Gasteiger partial charge on any atom is 0.312 e. The maximum absolute atomic E-state index is 12.4. The number of amides is 1. The second-order valence-electron chi connectivity index (χ2n) is 6.13. The van der Waals surface area contributed by atoms with E-state index in [1.807, 2.05) is 30.3 Å². The molecule has 3 aromatic carbocycles. The Hall–Kier alpha value is -3.72. The van der Waals surface area contributed by atoms with Gasteiger partial charge in [-0.3, -0.25) is 14.9 Å². The van der Waals surface area contributed by atoms with Crippen LogP contribution in [0.2, 0.25) is 0 Å². The summed E-state index contributed by atoms with van der Waals surface area (Å²) in [7, 11) is 0. The van der Waals surface area contributed by atoms with Crippen molar-refractivity contribution in [1.29, 1.82) is 0 Å². The van der Waals surface area contributed by atoms with Crippen LogP contribution < -0.4 is 5.43 Å². The molecule has 1 aromatic heterocycles. The standard InChI is InChI=1S/C20H12BrN3O5/c21-13-7-12(19(25)16(8-13)24(27)28)10-22-23-20(26)18-9-15-14-4-2-1-3-11(14)5-6-17(15)29-18/h1-10,25H,(H,23,26). The zero-order chi connectivity index (χ0) is 20.5. The minimum Gasteiger partial charge on any atom is -0.502 e. The van der Waals surface area contributed by atoms with Crippen molar-refractivity contribution in [1.82, 2.24) is 5.43 Å². The van der Waals surface area contributed by atoms with Crippen molar-refractivity contribution in [2.24, 2.45) is 5.10 Å². The monoisotopic (exact) mass is 453 g/mol. The van der Waals surface area contributed by atoms with Crippen molar-refractivity contribution in [2.75, 3.05) is 0 Å². The van der Waals surface area contributed by atoms with E-state index in [2.05, 4.69) is 26.5 Å². The minimum atomic E-state index is -0.714. The highest BCUT2D eigenvalue weighted by Crippen LogP contribution is 2.32. The number of aromatic hydroxyl groups is 1. The number of hydrazone groups is 1. The largest absolute Gasteiger partial charge is 0.502 e. The first-order valence-corrected chi connectivity index (χ1v) is 9.15. The van der Waals surface area contributed by atoms with Crippen molar-refractivity contribution in [2.45, 2.75) is 0 Å². The highest BCUT2D eigenvalue weighted by atomic mass is 79.9. The van der Waals surface area contributed by atoms with Gasteiger partial charge in [0.05, 0.1) is 11.1 Å². The lowest BCUT2D eigenvalue weighted by Gasteiger charge is -2.01. The van der Waals surface area contributed by atoms with Crippen molar-refractivity contribution < 1.29 is 19.2 Å². The van der Waals surface area contributed by atoms with Gasteiger partial charge >= 0.3 is 11.6 Å². The molecule has 0 aliphatic rings. The third-order valence-corrected chi connectivity index (χ3v) is 4.76. The number of hydrogen-bond acceptors (Lipinski definition) is 6. The molecule has 0 spiro atoms. The topological polar surface area (TPSA) is 118 Å². The number of halogens is 1. The molecule has 0 atom stereocenters. The Morgan fingerprint density at radius 3 is 2.76 bits per heavy atom. The molecule has 0 bridgehead atoms. The summed E-state index contributed by atoms with van der Waals surface area (Å²) in [6, 6.07) is 15.7. The quantitative estimate of drug-likeness (QED) is 0.263. The first-order valence-electron chi connectivity index (χ1n) is 8.35. The number of carbonyl (C=O) groups excluding carboxylic acids is 1. The first kappa shape index (κ1) is 18.6. The Kier molecular flexibility index (Phi) is 4.73. The Balaban J connectivity index is 1.59. The van der Waals surface area contributed by atoms with E-state index < -0.39 is 22.3 Å². The molecule has 0 aliphatic carbocycles. The average Bonchev–Trinajstić information content (AvgIpc) is 3.15. The van der Waals surface area contributed by atoms with Gasteiger partial charge in [-0.15, -0.1) is 0 Å². The van der Waals surface area contributed by atoms with Crippen LogP contribution in [-0.4, -0.2) is 22.2 Å². The van der Waals surface area contributed by atoms with E-state index in [9.17, 15) is 20.0 Å². The molecular weight excluding hydrogens is 442 g/mol. The number of phenols is 1. The number of carbonyl (C=O) groups is 1. The fraction of sp³-hybridized carbons (Fsp3) is 0. The molecule has 1 amide bonds. The predicted molar refractivity (Wildman–Crippen MR) is 111 cm³/mol. The normalized spacial score (nSPS) is 11.3. The van der Waals surface area contributed by atoms with Gasteiger partial charge in [0, 0.05) is 21.5 Å². The van der Waals surface area contributed by atoms with Gasteiger partial charge in [-0.25, -0.2) is 5.43 Å². The average molecular weight is 454 g/mol. The summed E-state index contributed by atoms with van der Waals surface area (Å²) >= 11 is 3.13. The molecule has 4 rings (SSSR count). The summed E-state index contributed by atoms with van der Waals surface area (Å²) in [6.07, 6.45) is 1.11. The number of fused-ring (bicyclic) bond motifs is 3. The van der Waals surface area contributed by atoms with Crippen molar-refractivity contribution in [3.63, 3.8) is 0 Å². The van der Waals surface area contributed by atoms with Crippen LogP contribution in [0.5, 0.6) is 5.75 Å². The molecule has 1 heterocycles. The second-order valence-corrected chi connectivity index (χ2v) is 7.04. The highest BCUT2D eigenvalue weighted by molar-refractivity contribution is 9.10. The van der Waals surface area contributed by atoms with Gasteiger partial charge in [-0.05, 0) is 29.0 Å². The lowest BCUT2D eigenvalue weighted by molar-refractivity contribution is -0.385. The summed E-state index contributed by atoms with van der Waals surface area (Å²) in [5.41, 5.74) is 2.46. The molecular formula is C20H12BrN3O5. The molecule has 0 fully saturated rings. The fourth-order valence-corrected chi connectivity index (χ4v) is 3.43. The van der Waals surface area contributed by atoms with Crippen LogP contribution in [0.15, 0.2) is 68.6 Å². The Bertz CT molecular complexity index is 1310. The van der Waals surface area contributed by atoms with E-state index >= 15 is 0 Å².